The number of methoxy groups -OCH3 is 1. The lowest BCUT2D eigenvalue weighted by Gasteiger charge is -2.31. The number of nitrogens with two attached hydrogens (primary N) is 1. The van der Waals surface area contributed by atoms with Gasteiger partial charge >= 0.3 is 0 Å². The molecule has 0 unspecified atom stereocenters. The second-order valence-electron chi connectivity index (χ2n) is 6.00. The second-order valence-corrected chi connectivity index (χ2v) is 6.00. The quantitative estimate of drug-likeness (QED) is 0.888. The average molecular weight is 351 g/mol. The normalized spacial score (nSPS) is 16.2. The van der Waals surface area contributed by atoms with Crippen LogP contribution in [0, 0.1) is 0 Å². The van der Waals surface area contributed by atoms with Crippen molar-refractivity contribution in [3.05, 3.63) is 42.0 Å². The Morgan fingerprint density at radius 3 is 2.58 bits per heavy atom. The number of fused-ring (bicyclic) bond motifs is 1. The molecule has 1 fully saturated rings. The number of ether oxygens (including phenoxy) is 2. The van der Waals surface area contributed by atoms with Crippen LogP contribution in [0.2, 0.25) is 0 Å². The fraction of sp³-hybridized carbons (Fsp3) is 0.389. The Kier molecular flexibility index (Phi) is 6.04. The minimum absolute atomic E-state index is 0. The molecule has 0 aliphatic carbocycles. The van der Waals surface area contributed by atoms with Gasteiger partial charge in [0.2, 0.25) is 5.91 Å². The van der Waals surface area contributed by atoms with Crippen LogP contribution in [0.15, 0.2) is 36.4 Å². The molecule has 24 heavy (non-hydrogen) atoms. The van der Waals surface area contributed by atoms with Gasteiger partial charge in [-0.25, -0.2) is 0 Å². The van der Waals surface area contributed by atoms with Crippen LogP contribution >= 0.6 is 12.4 Å². The maximum atomic E-state index is 12.3. The molecule has 6 heteroatoms. The van der Waals surface area contributed by atoms with Crippen molar-refractivity contribution in [1.82, 2.24) is 5.32 Å². The van der Waals surface area contributed by atoms with Gasteiger partial charge < -0.3 is 20.5 Å². The molecule has 0 atom stereocenters. The van der Waals surface area contributed by atoms with Crippen molar-refractivity contribution in [2.24, 2.45) is 5.73 Å². The van der Waals surface area contributed by atoms with Crippen LogP contribution in [0.3, 0.4) is 0 Å². The van der Waals surface area contributed by atoms with Gasteiger partial charge in [0.05, 0.1) is 12.6 Å². The molecule has 0 bridgehead atoms. The van der Waals surface area contributed by atoms with Crippen molar-refractivity contribution in [1.29, 1.82) is 0 Å². The van der Waals surface area contributed by atoms with Gasteiger partial charge in [-0.2, -0.15) is 0 Å². The van der Waals surface area contributed by atoms with Crippen molar-refractivity contribution in [3.63, 3.8) is 0 Å². The number of amides is 1. The van der Waals surface area contributed by atoms with E-state index in [1.165, 1.54) is 0 Å². The van der Waals surface area contributed by atoms with E-state index < -0.39 is 5.54 Å². The minimum atomic E-state index is -0.803. The molecule has 0 radical (unpaired) electrons. The standard InChI is InChI=1S/C18H22N2O3.ClH/c1-22-16-5-4-14-10-13(2-3-15(14)11-16)12-20-17(21)18(19)6-8-23-9-7-18;/h2-5,10-11H,6-9,12,19H2,1H3,(H,20,21);1H. The number of hydrogen-bond acceptors (Lipinski definition) is 4. The van der Waals surface area contributed by atoms with Gasteiger partial charge in [-0.1, -0.05) is 18.2 Å². The fourth-order valence-corrected chi connectivity index (χ4v) is 2.83. The molecule has 5 nitrogen and oxygen atoms in total. The highest BCUT2D eigenvalue weighted by molar-refractivity contribution is 5.87. The summed E-state index contributed by atoms with van der Waals surface area (Å²) in [4.78, 5) is 12.3. The molecular formula is C18H23ClN2O3. The molecule has 1 heterocycles. The number of carbonyl (C=O) groups is 1. The van der Waals surface area contributed by atoms with Crippen LogP contribution < -0.4 is 15.8 Å². The molecule has 2 aromatic rings. The van der Waals surface area contributed by atoms with Gasteiger partial charge in [-0.05, 0) is 47.4 Å². The highest BCUT2D eigenvalue weighted by atomic mass is 35.5. The number of rotatable bonds is 4. The highest BCUT2D eigenvalue weighted by Gasteiger charge is 2.35. The van der Waals surface area contributed by atoms with E-state index in [-0.39, 0.29) is 18.3 Å². The summed E-state index contributed by atoms with van der Waals surface area (Å²) in [5.74, 6) is 0.735. The number of carbonyl (C=O) groups excluding carboxylic acids is 1. The maximum Gasteiger partial charge on any atom is 0.240 e. The van der Waals surface area contributed by atoms with E-state index in [1.807, 2.05) is 30.3 Å². The number of hydrogen-bond donors (Lipinski definition) is 2. The summed E-state index contributed by atoms with van der Waals surface area (Å²) in [7, 11) is 1.66. The first-order valence-corrected chi connectivity index (χ1v) is 7.82. The Morgan fingerprint density at radius 1 is 1.21 bits per heavy atom. The molecular weight excluding hydrogens is 328 g/mol. The van der Waals surface area contributed by atoms with Gasteiger partial charge in [0.25, 0.3) is 0 Å². The van der Waals surface area contributed by atoms with Crippen molar-refractivity contribution in [2.75, 3.05) is 20.3 Å². The molecule has 1 saturated heterocycles. The van der Waals surface area contributed by atoms with E-state index in [0.717, 1.165) is 22.1 Å². The zero-order valence-electron chi connectivity index (χ0n) is 13.7. The monoisotopic (exact) mass is 350 g/mol. The lowest BCUT2D eigenvalue weighted by Crippen LogP contribution is -2.56. The third kappa shape index (κ3) is 3.98. The van der Waals surface area contributed by atoms with Gasteiger partial charge in [0, 0.05) is 19.8 Å². The SMILES string of the molecule is COc1ccc2cc(CNC(=O)C3(N)CCOCC3)ccc2c1.Cl. The molecule has 0 aromatic heterocycles. The fourth-order valence-electron chi connectivity index (χ4n) is 2.83. The molecule has 1 aliphatic heterocycles. The average Bonchev–Trinajstić information content (AvgIpc) is 2.59. The zero-order valence-corrected chi connectivity index (χ0v) is 14.5. The van der Waals surface area contributed by atoms with Gasteiger partial charge in [0.15, 0.2) is 0 Å². The van der Waals surface area contributed by atoms with Gasteiger partial charge in [-0.3, -0.25) is 4.79 Å². The second kappa shape index (κ2) is 7.83. The van der Waals surface area contributed by atoms with E-state index in [0.29, 0.717) is 32.6 Å². The van der Waals surface area contributed by atoms with Crippen molar-refractivity contribution < 1.29 is 14.3 Å². The van der Waals surface area contributed by atoms with Gasteiger partial charge in [0.1, 0.15) is 5.75 Å². The Labute approximate surface area is 147 Å². The Hall–Kier alpha value is -1.82. The molecule has 0 saturated carbocycles. The first-order chi connectivity index (χ1) is 11.1. The largest absolute Gasteiger partial charge is 0.497 e. The third-order valence-electron chi connectivity index (χ3n) is 4.40. The Balaban J connectivity index is 0.00000208. The molecule has 3 rings (SSSR count). The predicted octanol–water partition coefficient (Wildman–Crippen LogP) is 2.39. The van der Waals surface area contributed by atoms with Crippen molar-refractivity contribution in [3.8, 4) is 5.75 Å². The molecule has 3 N–H and O–H groups in total. The summed E-state index contributed by atoms with van der Waals surface area (Å²) in [6.07, 6.45) is 1.13. The van der Waals surface area contributed by atoms with Crippen LogP contribution in [0.5, 0.6) is 5.75 Å². The van der Waals surface area contributed by atoms with Crippen LogP contribution in [0.1, 0.15) is 18.4 Å². The summed E-state index contributed by atoms with van der Waals surface area (Å²) >= 11 is 0. The van der Waals surface area contributed by atoms with Crippen molar-refractivity contribution >= 4 is 29.1 Å². The third-order valence-corrected chi connectivity index (χ3v) is 4.40. The first-order valence-electron chi connectivity index (χ1n) is 7.82. The summed E-state index contributed by atoms with van der Waals surface area (Å²) in [5.41, 5.74) is 6.43. The summed E-state index contributed by atoms with van der Waals surface area (Å²) < 4.78 is 10.5. The zero-order chi connectivity index (χ0) is 16.3. The summed E-state index contributed by atoms with van der Waals surface area (Å²) in [6, 6.07) is 12.1. The number of nitrogens with one attached hydrogen (secondary N) is 1. The van der Waals surface area contributed by atoms with Crippen molar-refractivity contribution in [2.45, 2.75) is 24.9 Å². The van der Waals surface area contributed by atoms with E-state index in [9.17, 15) is 4.79 Å². The minimum Gasteiger partial charge on any atom is -0.497 e. The van der Waals surface area contributed by atoms with Crippen LogP contribution in [0.4, 0.5) is 0 Å². The van der Waals surface area contributed by atoms with Gasteiger partial charge in [-0.15, -0.1) is 12.4 Å². The van der Waals surface area contributed by atoms with E-state index >= 15 is 0 Å². The number of halogens is 1. The van der Waals surface area contributed by atoms with Crippen LogP contribution in [-0.4, -0.2) is 31.8 Å². The lowest BCUT2D eigenvalue weighted by atomic mass is 9.90. The van der Waals surface area contributed by atoms with Crippen LogP contribution in [0.25, 0.3) is 10.8 Å². The Bertz CT molecular complexity index is 714. The Morgan fingerprint density at radius 2 is 1.88 bits per heavy atom. The predicted molar refractivity (Wildman–Crippen MR) is 96.6 cm³/mol. The molecule has 130 valence electrons. The van der Waals surface area contributed by atoms with E-state index in [1.54, 1.807) is 7.11 Å². The molecule has 0 spiro atoms. The summed E-state index contributed by atoms with van der Waals surface area (Å²) in [6.45, 7) is 1.56. The smallest absolute Gasteiger partial charge is 0.240 e. The maximum absolute atomic E-state index is 12.3. The number of benzene rings is 2. The topological polar surface area (TPSA) is 73.6 Å². The lowest BCUT2D eigenvalue weighted by molar-refractivity contribution is -0.129. The van der Waals surface area contributed by atoms with Crippen LogP contribution in [-0.2, 0) is 16.1 Å². The molecule has 1 aliphatic rings. The molecule has 2 aromatic carbocycles. The van der Waals surface area contributed by atoms with E-state index in [2.05, 4.69) is 11.4 Å². The summed E-state index contributed by atoms with van der Waals surface area (Å²) in [5, 5.41) is 5.18. The molecule has 1 amide bonds. The highest BCUT2D eigenvalue weighted by Crippen LogP contribution is 2.22. The first kappa shape index (κ1) is 18.5. The van der Waals surface area contributed by atoms with E-state index in [4.69, 9.17) is 15.2 Å².